The zero-order valence-corrected chi connectivity index (χ0v) is 5.54. The van der Waals surface area contributed by atoms with Crippen molar-refractivity contribution in [3.63, 3.8) is 0 Å². The summed E-state index contributed by atoms with van der Waals surface area (Å²) in [5.74, 6) is -0.419. The van der Waals surface area contributed by atoms with Crippen LogP contribution in [-0.2, 0) is 0 Å². The van der Waals surface area contributed by atoms with Gasteiger partial charge in [0, 0.05) is 0 Å². The van der Waals surface area contributed by atoms with Gasteiger partial charge in [-0.1, -0.05) is 0 Å². The number of furan rings is 1. The molecule has 0 saturated carbocycles. The maximum absolute atomic E-state index is 12.8. The van der Waals surface area contributed by atoms with E-state index in [1.807, 2.05) is 0 Å². The van der Waals surface area contributed by atoms with Crippen LogP contribution in [0, 0.1) is 5.82 Å². The van der Waals surface area contributed by atoms with Crippen molar-refractivity contribution in [2.45, 2.75) is 0 Å². The molecule has 1 aromatic carbocycles. The van der Waals surface area contributed by atoms with Crippen LogP contribution >= 0.6 is 0 Å². The number of hydrogen-bond acceptors (Lipinski definition) is 2. The third-order valence-corrected chi connectivity index (χ3v) is 1.54. The first kappa shape index (κ1) is 6.22. The Bertz CT molecular complexity index is 356. The Kier molecular flexibility index (Phi) is 1.12. The Morgan fingerprint density at radius 1 is 1.27 bits per heavy atom. The number of phenolic OH excluding ortho intramolecular Hbond substituents is 1. The molecule has 1 heterocycles. The summed E-state index contributed by atoms with van der Waals surface area (Å²) in [6.07, 6.45) is 1.34. The van der Waals surface area contributed by atoms with Crippen molar-refractivity contribution in [3.05, 3.63) is 30.3 Å². The second-order valence-electron chi connectivity index (χ2n) is 2.23. The lowest BCUT2D eigenvalue weighted by Crippen LogP contribution is -1.73. The van der Waals surface area contributed by atoms with E-state index in [1.165, 1.54) is 24.5 Å². The van der Waals surface area contributed by atoms with Crippen LogP contribution in [0.4, 0.5) is 4.39 Å². The number of phenols is 1. The summed E-state index contributed by atoms with van der Waals surface area (Å²) in [6.45, 7) is 0. The molecule has 0 aliphatic carbocycles. The van der Waals surface area contributed by atoms with E-state index in [0.29, 0.717) is 5.39 Å². The lowest BCUT2D eigenvalue weighted by atomic mass is 10.2. The molecule has 0 unspecified atom stereocenters. The van der Waals surface area contributed by atoms with Crippen LogP contribution in [0.5, 0.6) is 5.75 Å². The molecule has 1 N–H and O–H groups in total. The number of fused-ring (bicyclic) bond motifs is 1. The smallest absolute Gasteiger partial charge is 0.178 e. The molecule has 0 saturated heterocycles. The molecule has 2 nitrogen and oxygen atoms in total. The van der Waals surface area contributed by atoms with Crippen molar-refractivity contribution in [1.29, 1.82) is 0 Å². The highest BCUT2D eigenvalue weighted by Crippen LogP contribution is 2.27. The van der Waals surface area contributed by atoms with E-state index in [2.05, 4.69) is 0 Å². The molecule has 2 aromatic rings. The molecular weight excluding hydrogens is 147 g/mol. The first-order valence-electron chi connectivity index (χ1n) is 3.14. The SMILES string of the molecule is Oc1ccc(F)c2ccoc12. The zero-order chi connectivity index (χ0) is 7.84. The van der Waals surface area contributed by atoms with E-state index in [9.17, 15) is 4.39 Å². The number of halogens is 1. The summed E-state index contributed by atoms with van der Waals surface area (Å²) in [5, 5.41) is 9.43. The number of aromatic hydroxyl groups is 1. The monoisotopic (exact) mass is 152 g/mol. The average molecular weight is 152 g/mol. The summed E-state index contributed by atoms with van der Waals surface area (Å²) in [4.78, 5) is 0. The van der Waals surface area contributed by atoms with Gasteiger partial charge in [-0.2, -0.15) is 0 Å². The maximum atomic E-state index is 12.8. The molecule has 0 aliphatic rings. The Balaban J connectivity index is 2.96. The Morgan fingerprint density at radius 3 is 2.82 bits per heavy atom. The molecule has 0 radical (unpaired) electrons. The van der Waals surface area contributed by atoms with Gasteiger partial charge in [0.15, 0.2) is 11.3 Å². The van der Waals surface area contributed by atoms with Crippen molar-refractivity contribution in [1.82, 2.24) is 0 Å². The fourth-order valence-corrected chi connectivity index (χ4v) is 1.01. The normalized spacial score (nSPS) is 10.6. The van der Waals surface area contributed by atoms with Gasteiger partial charge in [0.1, 0.15) is 5.82 Å². The van der Waals surface area contributed by atoms with Crippen molar-refractivity contribution >= 4 is 11.0 Å². The first-order valence-corrected chi connectivity index (χ1v) is 3.14. The van der Waals surface area contributed by atoms with Crippen LogP contribution in [0.1, 0.15) is 0 Å². The topological polar surface area (TPSA) is 33.4 Å². The first-order chi connectivity index (χ1) is 5.29. The summed E-state index contributed by atoms with van der Waals surface area (Å²) in [5.41, 5.74) is 0.199. The standard InChI is InChI=1S/C8H5FO2/c9-6-1-2-7(10)8-5(6)3-4-11-8/h1-4,10H. The van der Waals surface area contributed by atoms with Crippen LogP contribution in [0.3, 0.4) is 0 Å². The van der Waals surface area contributed by atoms with E-state index in [0.717, 1.165) is 0 Å². The summed E-state index contributed by atoms with van der Waals surface area (Å²) in [6, 6.07) is 3.94. The van der Waals surface area contributed by atoms with Gasteiger partial charge in [-0.25, -0.2) is 4.39 Å². The van der Waals surface area contributed by atoms with Gasteiger partial charge >= 0.3 is 0 Å². The van der Waals surface area contributed by atoms with E-state index in [4.69, 9.17) is 9.52 Å². The van der Waals surface area contributed by atoms with E-state index in [-0.39, 0.29) is 17.1 Å². The van der Waals surface area contributed by atoms with Crippen molar-refractivity contribution in [3.8, 4) is 5.75 Å². The molecule has 0 spiro atoms. The van der Waals surface area contributed by atoms with Crippen LogP contribution in [0.2, 0.25) is 0 Å². The Morgan fingerprint density at radius 2 is 2.09 bits per heavy atom. The fourth-order valence-electron chi connectivity index (χ4n) is 1.01. The minimum atomic E-state index is -0.383. The van der Waals surface area contributed by atoms with Gasteiger partial charge in [0.05, 0.1) is 11.6 Å². The van der Waals surface area contributed by atoms with Crippen LogP contribution < -0.4 is 0 Å². The molecule has 0 aliphatic heterocycles. The highest BCUT2D eigenvalue weighted by molar-refractivity contribution is 5.83. The van der Waals surface area contributed by atoms with Gasteiger partial charge < -0.3 is 9.52 Å². The molecule has 1 aromatic heterocycles. The average Bonchev–Trinajstić information content (AvgIpc) is 2.45. The molecule has 0 bridgehead atoms. The third-order valence-electron chi connectivity index (χ3n) is 1.54. The summed E-state index contributed by atoms with van der Waals surface area (Å²) in [7, 11) is 0. The van der Waals surface area contributed by atoms with Crippen molar-refractivity contribution < 1.29 is 13.9 Å². The van der Waals surface area contributed by atoms with Crippen LogP contribution in [-0.4, -0.2) is 5.11 Å². The van der Waals surface area contributed by atoms with E-state index >= 15 is 0 Å². The highest BCUT2D eigenvalue weighted by atomic mass is 19.1. The van der Waals surface area contributed by atoms with Gasteiger partial charge in [-0.05, 0) is 18.2 Å². The molecular formula is C8H5FO2. The zero-order valence-electron chi connectivity index (χ0n) is 5.54. The van der Waals surface area contributed by atoms with E-state index < -0.39 is 0 Å². The molecule has 11 heavy (non-hydrogen) atoms. The van der Waals surface area contributed by atoms with Crippen molar-refractivity contribution in [2.75, 3.05) is 0 Å². The number of rotatable bonds is 0. The van der Waals surface area contributed by atoms with Crippen LogP contribution in [0.25, 0.3) is 11.0 Å². The predicted octanol–water partition coefficient (Wildman–Crippen LogP) is 2.28. The number of hydrogen-bond donors (Lipinski definition) is 1. The Hall–Kier alpha value is -1.51. The second-order valence-corrected chi connectivity index (χ2v) is 2.23. The highest BCUT2D eigenvalue weighted by Gasteiger charge is 2.06. The van der Waals surface area contributed by atoms with Crippen molar-refractivity contribution in [2.24, 2.45) is 0 Å². The largest absolute Gasteiger partial charge is 0.504 e. The molecule has 0 amide bonds. The van der Waals surface area contributed by atoms with Gasteiger partial charge in [-0.3, -0.25) is 0 Å². The molecule has 56 valence electrons. The fraction of sp³-hybridized carbons (Fsp3) is 0. The minimum absolute atomic E-state index is 0.0357. The lowest BCUT2D eigenvalue weighted by Gasteiger charge is -1.92. The third kappa shape index (κ3) is 0.774. The molecule has 0 atom stereocenters. The molecule has 3 heteroatoms. The van der Waals surface area contributed by atoms with Gasteiger partial charge in [-0.15, -0.1) is 0 Å². The quantitative estimate of drug-likeness (QED) is 0.628. The minimum Gasteiger partial charge on any atom is -0.504 e. The summed E-state index contributed by atoms with van der Waals surface area (Å²) >= 11 is 0. The lowest BCUT2D eigenvalue weighted by molar-refractivity contribution is 0.463. The van der Waals surface area contributed by atoms with Gasteiger partial charge in [0.25, 0.3) is 0 Å². The molecule has 0 fully saturated rings. The second kappa shape index (κ2) is 1.99. The Labute approximate surface area is 61.9 Å². The van der Waals surface area contributed by atoms with E-state index in [1.54, 1.807) is 0 Å². The predicted molar refractivity (Wildman–Crippen MR) is 37.8 cm³/mol. The van der Waals surface area contributed by atoms with Gasteiger partial charge in [0.2, 0.25) is 0 Å². The number of benzene rings is 1. The van der Waals surface area contributed by atoms with Crippen LogP contribution in [0.15, 0.2) is 28.9 Å². The molecule has 2 rings (SSSR count). The summed E-state index contributed by atoms with van der Waals surface area (Å²) < 4.78 is 17.7. The maximum Gasteiger partial charge on any atom is 0.178 e.